The van der Waals surface area contributed by atoms with Gasteiger partial charge in [-0.25, -0.2) is 4.79 Å². The number of halogens is 1. The number of ketones is 1. The van der Waals surface area contributed by atoms with Crippen LogP contribution in [-0.2, 0) is 4.74 Å². The van der Waals surface area contributed by atoms with Crippen LogP contribution in [0.5, 0.6) is 5.75 Å². The zero-order chi connectivity index (χ0) is 19.0. The molecular formula is C21H13BrO5. The molecule has 0 N–H and O–H groups in total. The van der Waals surface area contributed by atoms with Crippen molar-refractivity contribution in [2.75, 3.05) is 7.11 Å². The molecule has 134 valence electrons. The number of carbonyl (C=O) groups excluding carboxylic acids is 2. The van der Waals surface area contributed by atoms with Gasteiger partial charge in [0.25, 0.3) is 0 Å². The lowest BCUT2D eigenvalue weighted by molar-refractivity contribution is 0.0600. The van der Waals surface area contributed by atoms with Gasteiger partial charge in [-0.1, -0.05) is 28.1 Å². The van der Waals surface area contributed by atoms with E-state index in [2.05, 4.69) is 20.7 Å². The van der Waals surface area contributed by atoms with Gasteiger partial charge in [-0.05, 0) is 42.5 Å². The number of esters is 1. The monoisotopic (exact) mass is 424 g/mol. The normalized spacial score (nSPS) is 14.1. The van der Waals surface area contributed by atoms with E-state index in [-0.39, 0.29) is 11.5 Å². The van der Waals surface area contributed by atoms with Gasteiger partial charge in [0.2, 0.25) is 5.78 Å². The zero-order valence-corrected chi connectivity index (χ0v) is 15.8. The average Bonchev–Trinajstić information content (AvgIpc) is 3.27. The fourth-order valence-electron chi connectivity index (χ4n) is 2.76. The second kappa shape index (κ2) is 6.89. The molecule has 6 heteroatoms. The van der Waals surface area contributed by atoms with Crippen LogP contribution in [0.3, 0.4) is 0 Å². The number of furan rings is 1. The summed E-state index contributed by atoms with van der Waals surface area (Å²) in [6.45, 7) is 0. The quantitative estimate of drug-likeness (QED) is 0.431. The van der Waals surface area contributed by atoms with Crippen LogP contribution in [0.15, 0.2) is 69.2 Å². The van der Waals surface area contributed by atoms with E-state index < -0.39 is 5.97 Å². The lowest BCUT2D eigenvalue weighted by Crippen LogP contribution is -2.02. The summed E-state index contributed by atoms with van der Waals surface area (Å²) in [6, 6.07) is 15.9. The summed E-state index contributed by atoms with van der Waals surface area (Å²) in [4.78, 5) is 24.2. The Morgan fingerprint density at radius 2 is 1.85 bits per heavy atom. The van der Waals surface area contributed by atoms with E-state index in [0.717, 1.165) is 10.0 Å². The van der Waals surface area contributed by atoms with Crippen molar-refractivity contribution in [2.45, 2.75) is 0 Å². The minimum absolute atomic E-state index is 0.142. The summed E-state index contributed by atoms with van der Waals surface area (Å²) in [5.74, 6) is 0.912. The molecule has 0 amide bonds. The molecule has 27 heavy (non-hydrogen) atoms. The minimum Gasteiger partial charge on any atom is -0.465 e. The van der Waals surface area contributed by atoms with Crippen molar-refractivity contribution in [1.29, 1.82) is 0 Å². The van der Waals surface area contributed by atoms with Gasteiger partial charge in [-0.2, -0.15) is 0 Å². The lowest BCUT2D eigenvalue weighted by Gasteiger charge is -2.00. The van der Waals surface area contributed by atoms with Gasteiger partial charge >= 0.3 is 5.97 Å². The van der Waals surface area contributed by atoms with Crippen LogP contribution in [0.4, 0.5) is 0 Å². The highest BCUT2D eigenvalue weighted by molar-refractivity contribution is 9.10. The fourth-order valence-corrected chi connectivity index (χ4v) is 3.03. The molecule has 0 bridgehead atoms. The van der Waals surface area contributed by atoms with E-state index in [0.29, 0.717) is 28.4 Å². The van der Waals surface area contributed by atoms with Gasteiger partial charge in [0.1, 0.15) is 17.3 Å². The maximum absolute atomic E-state index is 12.6. The Morgan fingerprint density at radius 3 is 2.59 bits per heavy atom. The highest BCUT2D eigenvalue weighted by atomic mass is 79.9. The predicted octanol–water partition coefficient (Wildman–Crippen LogP) is 5.11. The predicted molar refractivity (Wildman–Crippen MR) is 103 cm³/mol. The first kappa shape index (κ1) is 17.3. The molecule has 0 spiro atoms. The highest BCUT2D eigenvalue weighted by Crippen LogP contribution is 2.33. The number of rotatable bonds is 3. The molecule has 0 saturated heterocycles. The van der Waals surface area contributed by atoms with E-state index in [1.807, 2.05) is 30.3 Å². The van der Waals surface area contributed by atoms with E-state index in [1.165, 1.54) is 13.2 Å². The van der Waals surface area contributed by atoms with Crippen LogP contribution in [-0.4, -0.2) is 18.9 Å². The van der Waals surface area contributed by atoms with E-state index in [1.54, 1.807) is 24.3 Å². The van der Waals surface area contributed by atoms with Crippen molar-refractivity contribution in [2.24, 2.45) is 0 Å². The fraction of sp³-hybridized carbons (Fsp3) is 0.0476. The Hall–Kier alpha value is -3.12. The largest absolute Gasteiger partial charge is 0.465 e. The molecule has 3 aromatic rings. The number of fused-ring (bicyclic) bond motifs is 1. The molecule has 0 radical (unpaired) electrons. The smallest absolute Gasteiger partial charge is 0.337 e. The minimum atomic E-state index is -0.506. The van der Waals surface area contributed by atoms with Crippen molar-refractivity contribution < 1.29 is 23.5 Å². The second-order valence-electron chi connectivity index (χ2n) is 5.85. The third-order valence-corrected chi connectivity index (χ3v) is 4.65. The molecule has 1 aliphatic rings. The number of hydrogen-bond acceptors (Lipinski definition) is 5. The van der Waals surface area contributed by atoms with Crippen LogP contribution < -0.4 is 4.74 Å². The van der Waals surface area contributed by atoms with E-state index >= 15 is 0 Å². The third kappa shape index (κ3) is 3.31. The maximum Gasteiger partial charge on any atom is 0.337 e. The lowest BCUT2D eigenvalue weighted by atomic mass is 10.1. The SMILES string of the molecule is COC(=O)c1ccc2c(c1)C(=O)/C(=C/c1ccc(-c3ccc(Br)cc3)o1)O2. The van der Waals surface area contributed by atoms with Gasteiger partial charge in [-0.15, -0.1) is 0 Å². The molecule has 0 aliphatic carbocycles. The number of hydrogen-bond donors (Lipinski definition) is 0. The molecule has 2 heterocycles. The van der Waals surface area contributed by atoms with Crippen molar-refractivity contribution in [1.82, 2.24) is 0 Å². The molecule has 2 aromatic carbocycles. The van der Waals surface area contributed by atoms with Crippen LogP contribution in [0.25, 0.3) is 17.4 Å². The van der Waals surface area contributed by atoms with Gasteiger partial charge in [0.15, 0.2) is 5.76 Å². The highest BCUT2D eigenvalue weighted by Gasteiger charge is 2.28. The Morgan fingerprint density at radius 1 is 1.07 bits per heavy atom. The summed E-state index contributed by atoms with van der Waals surface area (Å²) < 4.78 is 17.1. The third-order valence-electron chi connectivity index (χ3n) is 4.12. The molecule has 0 atom stereocenters. The van der Waals surface area contributed by atoms with Gasteiger partial charge in [0, 0.05) is 16.1 Å². The summed E-state index contributed by atoms with van der Waals surface area (Å²) in [7, 11) is 1.29. The number of ether oxygens (including phenoxy) is 2. The van der Waals surface area contributed by atoms with Crippen LogP contribution in [0, 0.1) is 0 Å². The molecule has 1 aliphatic heterocycles. The van der Waals surface area contributed by atoms with E-state index in [4.69, 9.17) is 9.15 Å². The number of methoxy groups -OCH3 is 1. The molecular weight excluding hydrogens is 412 g/mol. The molecule has 1 aromatic heterocycles. The average molecular weight is 425 g/mol. The van der Waals surface area contributed by atoms with Crippen molar-refractivity contribution in [3.8, 4) is 17.1 Å². The molecule has 5 nitrogen and oxygen atoms in total. The summed E-state index contributed by atoms with van der Waals surface area (Å²) in [5, 5.41) is 0. The molecule has 0 fully saturated rings. The number of Topliss-reactive ketones (excluding diaryl/α,β-unsaturated/α-hetero) is 1. The number of benzene rings is 2. The summed E-state index contributed by atoms with van der Waals surface area (Å²) in [5.41, 5.74) is 1.54. The second-order valence-corrected chi connectivity index (χ2v) is 6.77. The Bertz CT molecular complexity index is 1080. The van der Waals surface area contributed by atoms with Crippen molar-refractivity contribution in [3.05, 3.63) is 81.7 Å². The summed E-state index contributed by atoms with van der Waals surface area (Å²) >= 11 is 3.40. The number of allylic oxidation sites excluding steroid dienone is 1. The van der Waals surface area contributed by atoms with Crippen LogP contribution in [0.1, 0.15) is 26.5 Å². The first-order chi connectivity index (χ1) is 13.0. The standard InChI is InChI=1S/C21H13BrO5/c1-25-21(24)13-4-8-18-16(10-13)20(23)19(27-18)11-15-7-9-17(26-15)12-2-5-14(22)6-3-12/h2-11H,1H3/b19-11-. The Labute approximate surface area is 163 Å². The van der Waals surface area contributed by atoms with Crippen LogP contribution >= 0.6 is 15.9 Å². The Balaban J connectivity index is 1.61. The van der Waals surface area contributed by atoms with E-state index in [9.17, 15) is 9.59 Å². The first-order valence-electron chi connectivity index (χ1n) is 8.07. The summed E-state index contributed by atoms with van der Waals surface area (Å²) in [6.07, 6.45) is 1.54. The topological polar surface area (TPSA) is 65.7 Å². The number of carbonyl (C=O) groups is 2. The van der Waals surface area contributed by atoms with Gasteiger partial charge in [0.05, 0.1) is 18.2 Å². The van der Waals surface area contributed by atoms with Gasteiger partial charge < -0.3 is 13.9 Å². The molecule has 0 saturated carbocycles. The van der Waals surface area contributed by atoms with Crippen molar-refractivity contribution >= 4 is 33.8 Å². The molecule has 0 unspecified atom stereocenters. The zero-order valence-electron chi connectivity index (χ0n) is 14.2. The van der Waals surface area contributed by atoms with Crippen LogP contribution in [0.2, 0.25) is 0 Å². The van der Waals surface area contributed by atoms with Gasteiger partial charge in [-0.3, -0.25) is 4.79 Å². The Kier molecular flexibility index (Phi) is 4.41. The molecule has 4 rings (SSSR count). The first-order valence-corrected chi connectivity index (χ1v) is 8.87. The van der Waals surface area contributed by atoms with Crippen molar-refractivity contribution in [3.63, 3.8) is 0 Å². The maximum atomic E-state index is 12.6.